The molecule has 9 aromatic carbocycles. The Morgan fingerprint density at radius 2 is 0.730 bits per heavy atom. The zero-order chi connectivity index (χ0) is 41.4. The molecule has 8 nitrogen and oxygen atoms in total. The van der Waals surface area contributed by atoms with E-state index in [2.05, 4.69) is 138 Å². The van der Waals surface area contributed by atoms with Crippen LogP contribution in [0.25, 0.3) is 128 Å². The van der Waals surface area contributed by atoms with Gasteiger partial charge in [0, 0.05) is 44.3 Å². The Morgan fingerprint density at radius 1 is 0.317 bits per heavy atom. The zero-order valence-electron chi connectivity index (χ0n) is 33.5. The fourth-order valence-electron chi connectivity index (χ4n) is 8.78. The molecule has 13 aromatic rings. The minimum Gasteiger partial charge on any atom is -0.436 e. The van der Waals surface area contributed by atoms with E-state index in [0.29, 0.717) is 29.3 Å². The second-order valence-corrected chi connectivity index (χ2v) is 15.8. The molecule has 0 aliphatic rings. The minimum atomic E-state index is 0.577. The molecule has 0 amide bonds. The standard InChI is InChI=1S/C55H32N6O2/c1-5-16-47-43(12-1)44-13-2-6-17-48(44)61(47)42-11-9-10-37(32-42)51-58-52(38-24-20-35-30-40(26-22-33(35)28-38)54-56-45-14-3-7-18-49(45)62-54)60-53(59-51)39-25-21-36-31-41(27-23-34(36)29-39)55-57-46-15-4-8-19-50(46)63-55/h1-32H. The largest absolute Gasteiger partial charge is 0.436 e. The summed E-state index contributed by atoms with van der Waals surface area (Å²) in [4.78, 5) is 25.0. The SMILES string of the molecule is c1cc(-c2nc(-c3ccc4cc(-c5nc6ccccc6o5)ccc4c3)nc(-c3ccc4cc(-c5nc6ccccc6o5)ccc4c3)n2)cc(-n2c3ccccc3c3ccccc32)c1. The van der Waals surface area contributed by atoms with Crippen LogP contribution in [-0.4, -0.2) is 29.5 Å². The summed E-state index contributed by atoms with van der Waals surface area (Å²) < 4.78 is 14.5. The third-order valence-corrected chi connectivity index (χ3v) is 11.9. The molecule has 0 unspecified atom stereocenters. The van der Waals surface area contributed by atoms with Gasteiger partial charge in [-0.2, -0.15) is 0 Å². The van der Waals surface area contributed by atoms with Crippen molar-refractivity contribution in [2.75, 3.05) is 0 Å². The molecule has 0 fully saturated rings. The molecular formula is C55H32N6O2. The van der Waals surface area contributed by atoms with E-state index in [1.54, 1.807) is 0 Å². The van der Waals surface area contributed by atoms with E-state index >= 15 is 0 Å². The first-order valence-electron chi connectivity index (χ1n) is 20.8. The summed E-state index contributed by atoms with van der Waals surface area (Å²) in [6.45, 7) is 0. The van der Waals surface area contributed by atoms with Crippen molar-refractivity contribution >= 4 is 65.6 Å². The Balaban J connectivity index is 0.935. The maximum Gasteiger partial charge on any atom is 0.227 e. The van der Waals surface area contributed by atoms with E-state index in [1.165, 1.54) is 10.8 Å². The highest BCUT2D eigenvalue weighted by atomic mass is 16.4. The van der Waals surface area contributed by atoms with Gasteiger partial charge in [-0.1, -0.05) is 109 Å². The smallest absolute Gasteiger partial charge is 0.227 e. The number of benzene rings is 9. The number of nitrogens with zero attached hydrogens (tertiary/aromatic N) is 6. The summed E-state index contributed by atoms with van der Waals surface area (Å²) in [6.07, 6.45) is 0. The predicted octanol–water partition coefficient (Wildman–Crippen LogP) is 13.9. The van der Waals surface area contributed by atoms with Crippen molar-refractivity contribution in [2.45, 2.75) is 0 Å². The monoisotopic (exact) mass is 808 g/mol. The van der Waals surface area contributed by atoms with Crippen molar-refractivity contribution < 1.29 is 8.83 Å². The summed E-state index contributed by atoms with van der Waals surface area (Å²) in [5.74, 6) is 2.92. The molecule has 8 heteroatoms. The summed E-state index contributed by atoms with van der Waals surface area (Å²) >= 11 is 0. The lowest BCUT2D eigenvalue weighted by atomic mass is 10.0. The van der Waals surface area contributed by atoms with Crippen LogP contribution < -0.4 is 0 Å². The van der Waals surface area contributed by atoms with Crippen molar-refractivity contribution in [3.8, 4) is 62.8 Å². The number of para-hydroxylation sites is 6. The Hall–Kier alpha value is -8.75. The van der Waals surface area contributed by atoms with Gasteiger partial charge < -0.3 is 13.4 Å². The molecule has 0 spiro atoms. The third-order valence-electron chi connectivity index (χ3n) is 11.9. The average Bonchev–Trinajstić information content (AvgIpc) is 4.08. The maximum absolute atomic E-state index is 6.10. The van der Waals surface area contributed by atoms with E-state index < -0.39 is 0 Å². The molecule has 0 aliphatic heterocycles. The van der Waals surface area contributed by atoms with Gasteiger partial charge in [-0.15, -0.1) is 0 Å². The highest BCUT2D eigenvalue weighted by Crippen LogP contribution is 2.36. The van der Waals surface area contributed by atoms with Crippen LogP contribution >= 0.6 is 0 Å². The van der Waals surface area contributed by atoms with Gasteiger partial charge in [0.1, 0.15) is 11.0 Å². The van der Waals surface area contributed by atoms with Gasteiger partial charge >= 0.3 is 0 Å². The molecule has 63 heavy (non-hydrogen) atoms. The van der Waals surface area contributed by atoms with Gasteiger partial charge in [0.15, 0.2) is 28.6 Å². The van der Waals surface area contributed by atoms with Crippen LogP contribution in [0.4, 0.5) is 0 Å². The topological polar surface area (TPSA) is 95.7 Å². The zero-order valence-corrected chi connectivity index (χ0v) is 33.5. The van der Waals surface area contributed by atoms with Crippen LogP contribution in [0.2, 0.25) is 0 Å². The quantitative estimate of drug-likeness (QED) is 0.165. The Kier molecular flexibility index (Phi) is 7.74. The van der Waals surface area contributed by atoms with Crippen LogP contribution in [0.3, 0.4) is 0 Å². The van der Waals surface area contributed by atoms with Crippen LogP contribution in [0.5, 0.6) is 0 Å². The van der Waals surface area contributed by atoms with Gasteiger partial charge in [0.25, 0.3) is 0 Å². The molecular weight excluding hydrogens is 777 g/mol. The molecule has 0 bridgehead atoms. The number of fused-ring (bicyclic) bond motifs is 7. The molecule has 294 valence electrons. The van der Waals surface area contributed by atoms with Crippen LogP contribution in [0.1, 0.15) is 0 Å². The second kappa shape index (κ2) is 13.9. The summed E-state index contributed by atoms with van der Waals surface area (Å²) in [5.41, 5.74) is 11.0. The lowest BCUT2D eigenvalue weighted by Crippen LogP contribution is -2.01. The number of rotatable bonds is 6. The molecule has 0 N–H and O–H groups in total. The number of hydrogen-bond donors (Lipinski definition) is 0. The lowest BCUT2D eigenvalue weighted by molar-refractivity contribution is 0.619. The van der Waals surface area contributed by atoms with Crippen molar-refractivity contribution in [3.63, 3.8) is 0 Å². The average molecular weight is 809 g/mol. The molecule has 4 aromatic heterocycles. The molecule has 0 aliphatic carbocycles. The number of hydrogen-bond acceptors (Lipinski definition) is 7. The van der Waals surface area contributed by atoms with E-state index in [-0.39, 0.29) is 0 Å². The highest BCUT2D eigenvalue weighted by Gasteiger charge is 2.18. The predicted molar refractivity (Wildman–Crippen MR) is 251 cm³/mol. The second-order valence-electron chi connectivity index (χ2n) is 15.8. The number of oxazole rings is 2. The van der Waals surface area contributed by atoms with E-state index in [1.807, 2.05) is 60.7 Å². The molecule has 0 saturated heterocycles. The highest BCUT2D eigenvalue weighted by molar-refractivity contribution is 6.09. The maximum atomic E-state index is 6.10. The first-order chi connectivity index (χ1) is 31.1. The van der Waals surface area contributed by atoms with E-state index in [9.17, 15) is 0 Å². The van der Waals surface area contributed by atoms with Crippen LogP contribution in [0.15, 0.2) is 203 Å². The lowest BCUT2D eigenvalue weighted by Gasteiger charge is -2.12. The van der Waals surface area contributed by atoms with E-state index in [0.717, 1.165) is 88.3 Å². The van der Waals surface area contributed by atoms with Crippen molar-refractivity contribution in [1.82, 2.24) is 29.5 Å². The van der Waals surface area contributed by atoms with Crippen molar-refractivity contribution in [2.24, 2.45) is 0 Å². The van der Waals surface area contributed by atoms with E-state index in [4.69, 9.17) is 33.8 Å². The molecule has 13 rings (SSSR count). The Labute approximate surface area is 359 Å². The fourth-order valence-corrected chi connectivity index (χ4v) is 8.78. The summed E-state index contributed by atoms with van der Waals surface area (Å²) in [5, 5.41) is 6.61. The number of aromatic nitrogens is 6. The van der Waals surface area contributed by atoms with Gasteiger partial charge in [-0.3, -0.25) is 0 Å². The first-order valence-corrected chi connectivity index (χ1v) is 20.8. The van der Waals surface area contributed by atoms with Crippen LogP contribution in [-0.2, 0) is 0 Å². The van der Waals surface area contributed by atoms with Gasteiger partial charge in [0.05, 0.1) is 11.0 Å². The van der Waals surface area contributed by atoms with Gasteiger partial charge in [-0.05, 0) is 106 Å². The fraction of sp³-hybridized carbons (Fsp3) is 0. The van der Waals surface area contributed by atoms with Crippen molar-refractivity contribution in [1.29, 1.82) is 0 Å². The molecule has 4 heterocycles. The summed E-state index contributed by atoms with van der Waals surface area (Å²) in [7, 11) is 0. The Bertz CT molecular complexity index is 3660. The molecule has 0 atom stereocenters. The van der Waals surface area contributed by atoms with Gasteiger partial charge in [0.2, 0.25) is 11.8 Å². The Morgan fingerprint density at radius 3 is 1.22 bits per heavy atom. The first kappa shape index (κ1) is 35.0. The normalized spacial score (nSPS) is 11.8. The summed E-state index contributed by atoms with van der Waals surface area (Å²) in [6, 6.07) is 66.3. The van der Waals surface area contributed by atoms with Gasteiger partial charge in [-0.25, -0.2) is 24.9 Å². The third kappa shape index (κ3) is 5.96. The van der Waals surface area contributed by atoms with Crippen LogP contribution in [0, 0.1) is 0 Å². The molecule has 0 radical (unpaired) electrons. The minimum absolute atomic E-state index is 0.577. The van der Waals surface area contributed by atoms with Crippen molar-refractivity contribution in [3.05, 3.63) is 194 Å². The molecule has 0 saturated carbocycles.